The second-order valence-electron chi connectivity index (χ2n) is 4.66. The molecule has 17 heavy (non-hydrogen) atoms. The van der Waals surface area contributed by atoms with Crippen molar-refractivity contribution < 1.29 is 15.0 Å². The number of halogens is 1. The molecule has 0 saturated heterocycles. The molecule has 0 aromatic heterocycles. The third kappa shape index (κ3) is 1.78. The highest BCUT2D eigenvalue weighted by molar-refractivity contribution is 6.31. The van der Waals surface area contributed by atoms with E-state index in [0.29, 0.717) is 29.0 Å². The van der Waals surface area contributed by atoms with E-state index in [4.69, 9.17) is 11.6 Å². The summed E-state index contributed by atoms with van der Waals surface area (Å²) in [4.78, 5) is 11.6. The van der Waals surface area contributed by atoms with Gasteiger partial charge in [0.15, 0.2) is 0 Å². The van der Waals surface area contributed by atoms with Gasteiger partial charge in [0, 0.05) is 10.6 Å². The summed E-state index contributed by atoms with van der Waals surface area (Å²) in [6, 6.07) is 3.08. The van der Waals surface area contributed by atoms with Gasteiger partial charge in [-0.1, -0.05) is 24.4 Å². The van der Waals surface area contributed by atoms with Crippen molar-refractivity contribution >= 4 is 17.6 Å². The number of carboxylic acids is 1. The fourth-order valence-corrected chi connectivity index (χ4v) is 2.98. The van der Waals surface area contributed by atoms with Crippen LogP contribution in [0.3, 0.4) is 0 Å². The fraction of sp³-hybridized carbons (Fsp3) is 0.462. The van der Waals surface area contributed by atoms with Gasteiger partial charge < -0.3 is 10.2 Å². The summed E-state index contributed by atoms with van der Waals surface area (Å²) in [5, 5.41) is 20.0. The second kappa shape index (κ2) is 4.22. The van der Waals surface area contributed by atoms with E-state index in [2.05, 4.69) is 0 Å². The molecule has 1 aromatic carbocycles. The van der Waals surface area contributed by atoms with Crippen LogP contribution in [0.2, 0.25) is 5.02 Å². The van der Waals surface area contributed by atoms with Gasteiger partial charge in [-0.3, -0.25) is 4.79 Å². The average molecular weight is 255 g/mol. The Morgan fingerprint density at radius 3 is 2.47 bits per heavy atom. The van der Waals surface area contributed by atoms with Crippen molar-refractivity contribution in [3.8, 4) is 5.75 Å². The van der Waals surface area contributed by atoms with E-state index in [1.165, 1.54) is 6.07 Å². The highest BCUT2D eigenvalue weighted by Gasteiger charge is 2.45. The van der Waals surface area contributed by atoms with E-state index in [9.17, 15) is 15.0 Å². The Labute approximate surface area is 105 Å². The number of rotatable bonds is 2. The lowest BCUT2D eigenvalue weighted by Gasteiger charge is -2.27. The van der Waals surface area contributed by atoms with E-state index < -0.39 is 11.4 Å². The van der Waals surface area contributed by atoms with Crippen molar-refractivity contribution in [1.29, 1.82) is 0 Å². The molecular weight excluding hydrogens is 240 g/mol. The Bertz CT molecular complexity index is 462. The van der Waals surface area contributed by atoms with Crippen molar-refractivity contribution in [2.24, 2.45) is 0 Å². The summed E-state index contributed by atoms with van der Waals surface area (Å²) >= 11 is 6.03. The van der Waals surface area contributed by atoms with Gasteiger partial charge in [0.2, 0.25) is 0 Å². The predicted octanol–water partition coefficient (Wildman–Crippen LogP) is 3.25. The highest BCUT2D eigenvalue weighted by Crippen LogP contribution is 2.47. The first kappa shape index (κ1) is 12.2. The number of phenolic OH excluding ortho intramolecular Hbond substituents is 1. The van der Waals surface area contributed by atoms with Gasteiger partial charge in [0.05, 0.1) is 5.41 Å². The van der Waals surface area contributed by atoms with Crippen LogP contribution in [-0.4, -0.2) is 16.2 Å². The smallest absolute Gasteiger partial charge is 0.314 e. The Kier molecular flexibility index (Phi) is 3.04. The van der Waals surface area contributed by atoms with Crippen molar-refractivity contribution in [3.63, 3.8) is 0 Å². The van der Waals surface area contributed by atoms with E-state index in [1.54, 1.807) is 13.0 Å². The molecule has 0 amide bonds. The lowest BCUT2D eigenvalue weighted by Crippen LogP contribution is -2.33. The quantitative estimate of drug-likeness (QED) is 0.852. The van der Waals surface area contributed by atoms with Gasteiger partial charge in [0.25, 0.3) is 0 Å². The Morgan fingerprint density at radius 2 is 1.94 bits per heavy atom. The third-order valence-electron chi connectivity index (χ3n) is 3.72. The van der Waals surface area contributed by atoms with Gasteiger partial charge >= 0.3 is 5.97 Å². The third-order valence-corrected chi connectivity index (χ3v) is 4.13. The molecule has 1 saturated carbocycles. The van der Waals surface area contributed by atoms with E-state index in [1.807, 2.05) is 0 Å². The number of phenols is 1. The molecule has 1 aliphatic rings. The zero-order valence-corrected chi connectivity index (χ0v) is 10.4. The normalized spacial score (nSPS) is 18.2. The number of benzene rings is 1. The number of hydrogen-bond acceptors (Lipinski definition) is 2. The van der Waals surface area contributed by atoms with Gasteiger partial charge in [-0.25, -0.2) is 0 Å². The summed E-state index contributed by atoms with van der Waals surface area (Å²) in [7, 11) is 0. The molecule has 0 spiro atoms. The molecule has 2 N–H and O–H groups in total. The van der Waals surface area contributed by atoms with Crippen LogP contribution in [-0.2, 0) is 10.2 Å². The van der Waals surface area contributed by atoms with Crippen LogP contribution in [0.4, 0.5) is 0 Å². The van der Waals surface area contributed by atoms with Crippen LogP contribution in [0, 0.1) is 6.92 Å². The number of carboxylic acid groups (broad SMARTS) is 1. The molecular formula is C13H15ClO3. The van der Waals surface area contributed by atoms with Crippen molar-refractivity contribution in [1.82, 2.24) is 0 Å². The molecule has 0 aliphatic heterocycles. The van der Waals surface area contributed by atoms with Crippen LogP contribution in [0.15, 0.2) is 12.1 Å². The maximum absolute atomic E-state index is 11.6. The van der Waals surface area contributed by atoms with Gasteiger partial charge in [-0.15, -0.1) is 0 Å². The molecule has 1 fully saturated rings. The molecule has 1 aromatic rings. The van der Waals surface area contributed by atoms with Gasteiger partial charge in [-0.2, -0.15) is 0 Å². The SMILES string of the molecule is Cc1c(Cl)ccc(O)c1C1(C(=O)O)CCCC1. The molecule has 4 heteroatoms. The highest BCUT2D eigenvalue weighted by atomic mass is 35.5. The first-order valence-electron chi connectivity index (χ1n) is 5.71. The summed E-state index contributed by atoms with van der Waals surface area (Å²) < 4.78 is 0. The van der Waals surface area contributed by atoms with Crippen LogP contribution in [0.1, 0.15) is 36.8 Å². The molecule has 0 radical (unpaired) electrons. The molecule has 2 rings (SSSR count). The largest absolute Gasteiger partial charge is 0.508 e. The lowest BCUT2D eigenvalue weighted by molar-refractivity contribution is -0.143. The van der Waals surface area contributed by atoms with Crippen molar-refractivity contribution in [2.75, 3.05) is 0 Å². The Balaban J connectivity index is 2.66. The maximum Gasteiger partial charge on any atom is 0.314 e. The molecule has 0 atom stereocenters. The average Bonchev–Trinajstić information content (AvgIpc) is 2.74. The topological polar surface area (TPSA) is 57.5 Å². The van der Waals surface area contributed by atoms with Crippen molar-refractivity contribution in [3.05, 3.63) is 28.3 Å². The molecule has 0 bridgehead atoms. The first-order chi connectivity index (χ1) is 7.99. The Hall–Kier alpha value is -1.22. The molecule has 1 aliphatic carbocycles. The monoisotopic (exact) mass is 254 g/mol. The first-order valence-corrected chi connectivity index (χ1v) is 6.09. The van der Waals surface area contributed by atoms with E-state index in [0.717, 1.165) is 12.8 Å². The minimum Gasteiger partial charge on any atom is -0.508 e. The zero-order chi connectivity index (χ0) is 12.6. The van der Waals surface area contributed by atoms with Gasteiger partial charge in [-0.05, 0) is 37.5 Å². The summed E-state index contributed by atoms with van der Waals surface area (Å²) in [5.41, 5.74) is 0.213. The number of aromatic hydroxyl groups is 1. The van der Waals surface area contributed by atoms with Crippen LogP contribution in [0.25, 0.3) is 0 Å². The zero-order valence-electron chi connectivity index (χ0n) is 9.66. The summed E-state index contributed by atoms with van der Waals surface area (Å²) in [6.07, 6.45) is 2.88. The minimum absolute atomic E-state index is 0.0381. The van der Waals surface area contributed by atoms with Crippen LogP contribution in [0.5, 0.6) is 5.75 Å². The van der Waals surface area contributed by atoms with Crippen molar-refractivity contribution in [2.45, 2.75) is 38.0 Å². The van der Waals surface area contributed by atoms with Crippen LogP contribution >= 0.6 is 11.6 Å². The van der Waals surface area contributed by atoms with E-state index in [-0.39, 0.29) is 5.75 Å². The molecule has 92 valence electrons. The van der Waals surface area contributed by atoms with Crippen LogP contribution < -0.4 is 0 Å². The van der Waals surface area contributed by atoms with Gasteiger partial charge in [0.1, 0.15) is 5.75 Å². The Morgan fingerprint density at radius 1 is 1.35 bits per heavy atom. The fourth-order valence-electron chi connectivity index (χ4n) is 2.83. The molecule has 0 heterocycles. The maximum atomic E-state index is 11.6. The standard InChI is InChI=1S/C13H15ClO3/c1-8-9(14)4-5-10(15)11(8)13(12(16)17)6-2-3-7-13/h4-5,15H,2-3,6-7H2,1H3,(H,16,17). The second-order valence-corrected chi connectivity index (χ2v) is 5.07. The predicted molar refractivity (Wildman–Crippen MR) is 65.6 cm³/mol. The molecule has 0 unspecified atom stereocenters. The number of aliphatic carboxylic acids is 1. The van der Waals surface area contributed by atoms with E-state index >= 15 is 0 Å². The summed E-state index contributed by atoms with van der Waals surface area (Å²) in [6.45, 7) is 1.76. The summed E-state index contributed by atoms with van der Waals surface area (Å²) in [5.74, 6) is -0.827. The number of hydrogen-bond donors (Lipinski definition) is 2. The number of carbonyl (C=O) groups is 1. The lowest BCUT2D eigenvalue weighted by atomic mass is 9.76. The minimum atomic E-state index is -0.959. The molecule has 3 nitrogen and oxygen atoms in total.